The van der Waals surface area contributed by atoms with Crippen LogP contribution in [0.1, 0.15) is 58.6 Å². The molecule has 1 radical (unpaired) electrons. The van der Waals surface area contributed by atoms with Gasteiger partial charge in [-0.05, 0) is 71.3 Å². The maximum absolute atomic E-state index is 10.7. The summed E-state index contributed by atoms with van der Waals surface area (Å²) in [6.45, 7) is 11.2. The van der Waals surface area contributed by atoms with Gasteiger partial charge in [-0.2, -0.15) is 13.8 Å². The normalized spacial score (nSPS) is 34.0. The molecule has 0 aromatic heterocycles. The zero-order valence-corrected chi connectivity index (χ0v) is 21.8. The number of piperidine rings is 1. The molecular formula is C24H32NO4Y-. The number of phenolic OH excluding ortho intramolecular Hbond substituents is 1. The molecule has 30 heavy (non-hydrogen) atoms. The van der Waals surface area contributed by atoms with Crippen LogP contribution in [0.5, 0.6) is 11.5 Å². The van der Waals surface area contributed by atoms with Gasteiger partial charge in [0, 0.05) is 44.3 Å². The van der Waals surface area contributed by atoms with Gasteiger partial charge < -0.3 is 24.2 Å². The Labute approximate surface area is 205 Å². The Morgan fingerprint density at radius 1 is 1.27 bits per heavy atom. The minimum absolute atomic E-state index is 0. The fourth-order valence-electron chi connectivity index (χ4n) is 6.32. The van der Waals surface area contributed by atoms with Crippen molar-refractivity contribution in [2.45, 2.75) is 82.6 Å². The molecule has 2 heterocycles. The molecule has 1 spiro atoms. The topological polar surface area (TPSA) is 51.2 Å². The van der Waals surface area contributed by atoms with E-state index in [1.165, 1.54) is 5.56 Å². The first-order valence-corrected chi connectivity index (χ1v) is 10.7. The Hall–Kier alpha value is -0.616. The van der Waals surface area contributed by atoms with E-state index in [1.807, 2.05) is 13.8 Å². The van der Waals surface area contributed by atoms with Gasteiger partial charge in [0.25, 0.3) is 0 Å². The summed E-state index contributed by atoms with van der Waals surface area (Å²) in [7, 11) is 2.20. The molecule has 161 valence electrons. The fourth-order valence-corrected chi connectivity index (χ4v) is 6.32. The largest absolute Gasteiger partial charge is 0.543 e. The number of likely N-dealkylation sites (tertiary alicyclic amines) is 1. The van der Waals surface area contributed by atoms with Gasteiger partial charge in [0.05, 0.1) is 11.0 Å². The van der Waals surface area contributed by atoms with Crippen molar-refractivity contribution < 1.29 is 52.0 Å². The van der Waals surface area contributed by atoms with E-state index in [0.717, 1.165) is 43.2 Å². The second-order valence-electron chi connectivity index (χ2n) is 10.3. The van der Waals surface area contributed by atoms with Crippen molar-refractivity contribution in [2.75, 3.05) is 13.6 Å². The zero-order valence-electron chi connectivity index (χ0n) is 18.9. The van der Waals surface area contributed by atoms with Crippen molar-refractivity contribution in [2.24, 2.45) is 0 Å². The summed E-state index contributed by atoms with van der Waals surface area (Å²) in [5, 5.41) is 10.7. The van der Waals surface area contributed by atoms with Crippen LogP contribution < -0.4 is 4.74 Å². The Bertz CT molecular complexity index is 892. The van der Waals surface area contributed by atoms with E-state index in [-0.39, 0.29) is 61.6 Å². The summed E-state index contributed by atoms with van der Waals surface area (Å²) < 4.78 is 19.8. The van der Waals surface area contributed by atoms with Gasteiger partial charge in [-0.25, -0.2) is 6.10 Å². The molecule has 2 aliphatic carbocycles. The van der Waals surface area contributed by atoms with Crippen molar-refractivity contribution >= 4 is 0 Å². The Balaban J connectivity index is 0.00000218. The van der Waals surface area contributed by atoms with E-state index in [0.29, 0.717) is 5.75 Å². The second kappa shape index (κ2) is 7.20. The van der Waals surface area contributed by atoms with Crippen molar-refractivity contribution in [3.63, 3.8) is 0 Å². The number of rotatable bonds is 3. The Morgan fingerprint density at radius 2 is 2.00 bits per heavy atom. The van der Waals surface area contributed by atoms with E-state index in [9.17, 15) is 5.11 Å². The van der Waals surface area contributed by atoms with Gasteiger partial charge in [-0.15, -0.1) is 0 Å². The minimum atomic E-state index is -0.430. The summed E-state index contributed by atoms with van der Waals surface area (Å²) in [6, 6.07) is 4.09. The molecule has 5 rings (SSSR count). The van der Waals surface area contributed by atoms with Crippen molar-refractivity contribution in [3.05, 3.63) is 41.2 Å². The fraction of sp³-hybridized carbons (Fsp3) is 0.625. The predicted octanol–water partition coefficient (Wildman–Crippen LogP) is 4.08. The number of ether oxygens (including phenoxy) is 3. The van der Waals surface area contributed by atoms with Crippen molar-refractivity contribution in [1.82, 2.24) is 4.90 Å². The number of aromatic hydroxyl groups is 1. The summed E-state index contributed by atoms with van der Waals surface area (Å²) in [5.74, 6) is 1.71. The monoisotopic (exact) mass is 487 g/mol. The SMILES string of the molecule is C[C-](C)O[C@@]12CC=C(OC(C)(C)C)C3Oc4c(O)ccc5c4C31CCN(C)[C@@H]2C5.[Y]. The van der Waals surface area contributed by atoms with Gasteiger partial charge in [-0.1, -0.05) is 6.07 Å². The number of phenols is 1. The second-order valence-corrected chi connectivity index (χ2v) is 10.3. The minimum Gasteiger partial charge on any atom is -0.543 e. The number of hydrogen-bond acceptors (Lipinski definition) is 5. The average molecular weight is 487 g/mol. The standard InChI is InChI=1S/C24H32NO4.Y/c1-14(2)28-24-10-9-17(29-22(3,4)5)21-23(24)11-12-25(6)18(24)13-15-7-8-16(26)20(27-21)19(15)23;/h7-9,18,21,26H,10-13H2,1-6H3;/q-1;/t18-,21?,23?,24-;/m1./s1. The van der Waals surface area contributed by atoms with E-state index in [4.69, 9.17) is 14.2 Å². The molecular weight excluding hydrogens is 455 g/mol. The molecule has 0 saturated carbocycles. The van der Waals surface area contributed by atoms with Crippen LogP contribution in [-0.2, 0) is 54.0 Å². The zero-order chi connectivity index (χ0) is 20.8. The predicted molar refractivity (Wildman–Crippen MR) is 111 cm³/mol. The molecule has 2 aliphatic heterocycles. The molecule has 2 bridgehead atoms. The Morgan fingerprint density at radius 3 is 2.67 bits per heavy atom. The molecule has 1 N–H and O–H groups in total. The van der Waals surface area contributed by atoms with Crippen LogP contribution in [0.2, 0.25) is 0 Å². The van der Waals surface area contributed by atoms with Crippen LogP contribution in [0.3, 0.4) is 0 Å². The van der Waals surface area contributed by atoms with Crippen LogP contribution in [0.25, 0.3) is 0 Å². The van der Waals surface area contributed by atoms with Crippen LogP contribution in [0, 0.1) is 6.10 Å². The molecule has 5 nitrogen and oxygen atoms in total. The molecule has 2 unspecified atom stereocenters. The van der Waals surface area contributed by atoms with Gasteiger partial charge >= 0.3 is 0 Å². The van der Waals surface area contributed by atoms with Crippen LogP contribution >= 0.6 is 0 Å². The molecule has 1 saturated heterocycles. The number of likely N-dealkylation sites (N-methyl/N-ethyl adjacent to an activating group) is 1. The maximum Gasteiger partial charge on any atom is 0.168 e. The Kier molecular flexibility index (Phi) is 5.41. The molecule has 1 aromatic carbocycles. The third-order valence-electron chi connectivity index (χ3n) is 7.13. The first-order valence-electron chi connectivity index (χ1n) is 10.7. The summed E-state index contributed by atoms with van der Waals surface area (Å²) in [6.07, 6.45) is 5.44. The van der Waals surface area contributed by atoms with Gasteiger partial charge in [0.2, 0.25) is 0 Å². The van der Waals surface area contributed by atoms with Gasteiger partial charge in [0.15, 0.2) is 17.6 Å². The summed E-state index contributed by atoms with van der Waals surface area (Å²) in [5.41, 5.74) is 1.30. The van der Waals surface area contributed by atoms with E-state index in [1.54, 1.807) is 6.07 Å². The van der Waals surface area contributed by atoms with Crippen LogP contribution in [-0.4, -0.2) is 46.9 Å². The third kappa shape index (κ3) is 2.88. The molecule has 0 amide bonds. The summed E-state index contributed by atoms with van der Waals surface area (Å²) in [4.78, 5) is 2.45. The van der Waals surface area contributed by atoms with Crippen LogP contribution in [0.4, 0.5) is 0 Å². The van der Waals surface area contributed by atoms with E-state index in [2.05, 4.69) is 44.9 Å². The van der Waals surface area contributed by atoms with E-state index >= 15 is 0 Å². The molecule has 6 heteroatoms. The van der Waals surface area contributed by atoms with Gasteiger partial charge in [-0.3, -0.25) is 0 Å². The quantitative estimate of drug-likeness (QED) is 0.652. The first kappa shape index (κ1) is 22.6. The number of benzene rings is 1. The maximum atomic E-state index is 10.7. The van der Waals surface area contributed by atoms with Crippen molar-refractivity contribution in [3.8, 4) is 11.5 Å². The van der Waals surface area contributed by atoms with E-state index < -0.39 is 5.60 Å². The average Bonchev–Trinajstić information content (AvgIpc) is 2.96. The molecule has 4 atom stereocenters. The third-order valence-corrected chi connectivity index (χ3v) is 7.13. The number of nitrogens with zero attached hydrogens (tertiary/aromatic N) is 1. The first-order chi connectivity index (χ1) is 13.6. The van der Waals surface area contributed by atoms with Crippen molar-refractivity contribution in [1.29, 1.82) is 0 Å². The molecule has 4 aliphatic rings. The molecule has 1 fully saturated rings. The summed E-state index contributed by atoms with van der Waals surface area (Å²) >= 11 is 0. The smallest absolute Gasteiger partial charge is 0.168 e. The number of hydrogen-bond donors (Lipinski definition) is 1. The van der Waals surface area contributed by atoms with Crippen LogP contribution in [0.15, 0.2) is 24.0 Å². The molecule has 1 aromatic rings. The van der Waals surface area contributed by atoms with Gasteiger partial charge in [0.1, 0.15) is 11.4 Å².